The Labute approximate surface area is 115 Å². The van der Waals surface area contributed by atoms with Crippen molar-refractivity contribution in [2.45, 2.75) is 44.8 Å². The summed E-state index contributed by atoms with van der Waals surface area (Å²) in [4.78, 5) is 16.6. The first kappa shape index (κ1) is 12.6. The van der Waals surface area contributed by atoms with Gasteiger partial charge < -0.3 is 10.0 Å². The van der Waals surface area contributed by atoms with Crippen molar-refractivity contribution in [3.05, 3.63) is 0 Å². The number of hydrogen-bond acceptors (Lipinski definition) is 4. The van der Waals surface area contributed by atoms with Crippen molar-refractivity contribution in [2.24, 2.45) is 5.92 Å². The van der Waals surface area contributed by atoms with Crippen molar-refractivity contribution in [1.29, 1.82) is 0 Å². The van der Waals surface area contributed by atoms with E-state index >= 15 is 0 Å². The molecule has 0 aliphatic carbocycles. The molecule has 0 aromatic carbocycles. The van der Waals surface area contributed by atoms with Gasteiger partial charge in [0.15, 0.2) is 0 Å². The van der Waals surface area contributed by atoms with Gasteiger partial charge in [0.05, 0.1) is 12.1 Å². The molecule has 18 heavy (non-hydrogen) atoms. The Balaban J connectivity index is 0.00000128. The lowest BCUT2D eigenvalue weighted by Gasteiger charge is -2.41. The molecule has 0 aromatic heterocycles. The molecule has 2 saturated heterocycles. The number of rotatable bonds is 3. The van der Waals surface area contributed by atoms with E-state index in [0.29, 0.717) is 11.7 Å². The molecule has 2 fully saturated rings. The quantitative estimate of drug-likeness (QED) is 0.830. The van der Waals surface area contributed by atoms with Crippen molar-refractivity contribution >= 4 is 5.78 Å². The van der Waals surface area contributed by atoms with Crippen LogP contribution in [0, 0.1) is 5.92 Å². The zero-order chi connectivity index (χ0) is 15.1. The number of carbonyl (C=O) groups is 1. The first-order chi connectivity index (χ1) is 9.58. The van der Waals surface area contributed by atoms with Gasteiger partial charge in [-0.1, -0.05) is 0 Å². The third-order valence-electron chi connectivity index (χ3n) is 4.52. The molecule has 1 unspecified atom stereocenters. The third kappa shape index (κ3) is 3.31. The van der Waals surface area contributed by atoms with E-state index in [1.54, 1.807) is 6.92 Å². The number of piperidine rings is 2. The molecule has 2 aliphatic rings. The van der Waals surface area contributed by atoms with Crippen molar-refractivity contribution in [3.8, 4) is 0 Å². The molecule has 0 bridgehead atoms. The molecule has 1 atom stereocenters. The number of likely N-dealkylation sites (tertiary alicyclic amines) is 2. The van der Waals surface area contributed by atoms with Crippen LogP contribution in [0.25, 0.3) is 0 Å². The van der Waals surface area contributed by atoms with Crippen LogP contribution < -0.4 is 0 Å². The van der Waals surface area contributed by atoms with Crippen LogP contribution in [0.5, 0.6) is 0 Å². The summed E-state index contributed by atoms with van der Waals surface area (Å²) in [6.45, 7) is 5.68. The number of nitrogens with zero attached hydrogens (tertiary/aromatic N) is 2. The Morgan fingerprint density at radius 3 is 2.28 bits per heavy atom. The van der Waals surface area contributed by atoms with Crippen LogP contribution >= 0.6 is 0 Å². The van der Waals surface area contributed by atoms with Crippen molar-refractivity contribution < 1.29 is 14.3 Å². The van der Waals surface area contributed by atoms with Crippen LogP contribution in [0.2, 0.25) is 0 Å². The van der Waals surface area contributed by atoms with E-state index in [1.807, 2.05) is 0 Å². The topological polar surface area (TPSA) is 43.8 Å². The van der Waals surface area contributed by atoms with Gasteiger partial charge >= 0.3 is 0 Å². The Bertz CT molecular complexity index is 270. The summed E-state index contributed by atoms with van der Waals surface area (Å²) in [6, 6.07) is 0.0891. The van der Waals surface area contributed by atoms with Crippen molar-refractivity contribution in [1.82, 2.24) is 9.80 Å². The second-order valence-electron chi connectivity index (χ2n) is 5.96. The summed E-state index contributed by atoms with van der Waals surface area (Å²) >= 11 is 0. The van der Waals surface area contributed by atoms with Gasteiger partial charge in [0.1, 0.15) is 5.78 Å². The highest BCUT2D eigenvalue weighted by Crippen LogP contribution is 2.26. The van der Waals surface area contributed by atoms with Crippen LogP contribution in [0.4, 0.5) is 0 Å². The number of aliphatic hydroxyl groups is 1. The molecule has 0 radical (unpaired) electrons. The van der Waals surface area contributed by atoms with Gasteiger partial charge in [-0.2, -0.15) is 0 Å². The van der Waals surface area contributed by atoms with Crippen LogP contribution in [0.15, 0.2) is 0 Å². The second-order valence-corrected chi connectivity index (χ2v) is 5.96. The summed E-state index contributed by atoms with van der Waals surface area (Å²) in [6.07, 6.45) is 3.72. The molecule has 0 amide bonds. The molecular weight excluding hydrogens is 228 g/mol. The molecule has 4 nitrogen and oxygen atoms in total. The lowest BCUT2D eigenvalue weighted by Crippen LogP contribution is -2.51. The SMILES string of the molecule is CC(=O)C(C1CCN(C)CC1)N1CCC(O)CC1.[2HH].[2H][2H]. The number of Topliss-reactive ketones (excluding diaryl/α,β-unsaturated/α-hetero) is 1. The fraction of sp³-hybridized carbons (Fsp3) is 0.929. The molecule has 2 heterocycles. The predicted octanol–water partition coefficient (Wildman–Crippen LogP) is 1.23. The maximum Gasteiger partial charge on any atom is 0.147 e. The first-order valence-electron chi connectivity index (χ1n) is 8.19. The lowest BCUT2D eigenvalue weighted by molar-refractivity contribution is -0.126. The fourth-order valence-corrected chi connectivity index (χ4v) is 3.40. The molecule has 0 aromatic rings. The summed E-state index contributed by atoms with van der Waals surface area (Å²) in [7, 11) is 2.15. The Morgan fingerprint density at radius 2 is 1.78 bits per heavy atom. The number of hydrogen-bond donors (Lipinski definition) is 1. The smallest absolute Gasteiger partial charge is 0.147 e. The van der Waals surface area contributed by atoms with Crippen LogP contribution in [-0.4, -0.2) is 66.1 Å². The molecule has 4 heteroatoms. The van der Waals surface area contributed by atoms with Crippen LogP contribution in [0.3, 0.4) is 0 Å². The summed E-state index contributed by atoms with van der Waals surface area (Å²) in [5, 5.41) is 9.57. The largest absolute Gasteiger partial charge is 0.393 e. The standard InChI is InChI=1S/C14H26N2O2.2H2/c1-11(17)14(12-3-7-15(2)8-4-12)16-9-5-13(18)6-10-16;;/h12-14,18H,3-10H2,1-2H3;2*1H/i;1+1D;1+1. The zero-order valence-electron chi connectivity index (χ0n) is 13.6. The Kier molecular flexibility index (Phi) is 4.28. The number of aliphatic hydroxyl groups excluding tert-OH is 1. The van der Waals surface area contributed by atoms with E-state index in [0.717, 1.165) is 51.9 Å². The predicted molar refractivity (Wildman–Crippen MR) is 75.7 cm³/mol. The Morgan fingerprint density at radius 1 is 1.22 bits per heavy atom. The normalized spacial score (nSPS) is 27.7. The average molecular weight is 261 g/mol. The molecule has 2 rings (SSSR count). The van der Waals surface area contributed by atoms with Crippen LogP contribution in [-0.2, 0) is 4.79 Å². The average Bonchev–Trinajstić information content (AvgIpc) is 2.45. The minimum Gasteiger partial charge on any atom is -0.393 e. The van der Waals surface area contributed by atoms with E-state index in [1.165, 1.54) is 0 Å². The minimum atomic E-state index is -0.161. The summed E-state index contributed by atoms with van der Waals surface area (Å²) in [5.41, 5.74) is 0. The van der Waals surface area contributed by atoms with Gasteiger partial charge in [-0.3, -0.25) is 9.69 Å². The van der Waals surface area contributed by atoms with Crippen LogP contribution in [0.1, 0.15) is 37.0 Å². The highest BCUT2D eigenvalue weighted by Gasteiger charge is 2.34. The number of ketones is 1. The van der Waals surface area contributed by atoms with Gasteiger partial charge in [0.25, 0.3) is 0 Å². The van der Waals surface area contributed by atoms with E-state index in [-0.39, 0.29) is 13.6 Å². The van der Waals surface area contributed by atoms with E-state index < -0.39 is 0 Å². The first-order valence-corrected chi connectivity index (χ1v) is 7.19. The Hall–Kier alpha value is -0.450. The fourth-order valence-electron chi connectivity index (χ4n) is 3.40. The summed E-state index contributed by atoms with van der Waals surface area (Å²) in [5.74, 6) is 0.815. The van der Waals surface area contributed by atoms with Gasteiger partial charge in [-0.25, -0.2) is 0 Å². The van der Waals surface area contributed by atoms with E-state index in [2.05, 4.69) is 16.8 Å². The molecule has 1 N–H and O–H groups in total. The number of carbonyl (C=O) groups excluding carboxylic acids is 1. The van der Waals surface area contributed by atoms with Gasteiger partial charge in [-0.15, -0.1) is 0 Å². The van der Waals surface area contributed by atoms with Crippen molar-refractivity contribution in [3.63, 3.8) is 0 Å². The maximum absolute atomic E-state index is 12.0. The van der Waals surface area contributed by atoms with Gasteiger partial charge in [0, 0.05) is 17.5 Å². The maximum atomic E-state index is 12.0. The van der Waals surface area contributed by atoms with E-state index in [4.69, 9.17) is 2.97 Å². The zero-order valence-corrected chi connectivity index (χ0v) is 11.6. The highest BCUT2D eigenvalue weighted by atomic mass is 16.3. The molecular formula is C14H30N2O2. The van der Waals surface area contributed by atoms with Crippen molar-refractivity contribution in [2.75, 3.05) is 33.2 Å². The second kappa shape index (κ2) is 6.13. The monoisotopic (exact) mass is 261 g/mol. The molecule has 0 spiro atoms. The van der Waals surface area contributed by atoms with E-state index in [9.17, 15) is 9.90 Å². The summed E-state index contributed by atoms with van der Waals surface area (Å²) < 4.78 is 10.0. The van der Waals surface area contributed by atoms with Gasteiger partial charge in [-0.05, 0) is 58.7 Å². The molecule has 108 valence electrons. The van der Waals surface area contributed by atoms with Gasteiger partial charge in [0.2, 0.25) is 0 Å². The minimum absolute atomic E-state index is 0. The molecule has 2 aliphatic heterocycles. The third-order valence-corrected chi connectivity index (χ3v) is 4.52. The lowest BCUT2D eigenvalue weighted by atomic mass is 9.85. The molecule has 0 saturated carbocycles. The highest BCUT2D eigenvalue weighted by molar-refractivity contribution is 5.81.